The maximum Gasteiger partial charge on any atom is 0.0950 e. The molecule has 1 heterocycles. The van der Waals surface area contributed by atoms with Gasteiger partial charge < -0.3 is 14.4 Å². The highest BCUT2D eigenvalue weighted by atomic mass is 16.5. The summed E-state index contributed by atoms with van der Waals surface area (Å²) >= 11 is 0. The smallest absolute Gasteiger partial charge is 0.0950 e. The molecule has 0 unspecified atom stereocenters. The first-order chi connectivity index (χ1) is 5.77. The molecule has 2 atom stereocenters. The van der Waals surface area contributed by atoms with Crippen molar-refractivity contribution < 1.29 is 9.47 Å². The lowest BCUT2D eigenvalue weighted by atomic mass is 10.2. The average molecular weight is 172 g/mol. The van der Waals surface area contributed by atoms with Gasteiger partial charge in [0.05, 0.1) is 12.2 Å². The first kappa shape index (κ1) is 9.96. The molecular formula is C9H18NO2-. The van der Waals surface area contributed by atoms with E-state index in [4.69, 9.17) is 9.47 Å². The molecule has 72 valence electrons. The summed E-state index contributed by atoms with van der Waals surface area (Å²) < 4.78 is 11.1. The molecule has 1 aliphatic heterocycles. The minimum Gasteiger partial charge on any atom is -0.455 e. The molecule has 3 nitrogen and oxygen atoms in total. The third-order valence-electron chi connectivity index (χ3n) is 2.05. The third kappa shape index (κ3) is 2.44. The van der Waals surface area contributed by atoms with Gasteiger partial charge in [0.1, 0.15) is 0 Å². The second kappa shape index (κ2) is 4.80. The Labute approximate surface area is 74.6 Å². The molecule has 0 radical (unpaired) electrons. The molecule has 3 heteroatoms. The lowest BCUT2D eigenvalue weighted by Crippen LogP contribution is -2.29. The summed E-state index contributed by atoms with van der Waals surface area (Å²) in [7, 11) is 3.88. The van der Waals surface area contributed by atoms with Crippen LogP contribution in [0.1, 0.15) is 13.8 Å². The van der Waals surface area contributed by atoms with E-state index < -0.39 is 0 Å². The minimum atomic E-state index is 0.215. The Morgan fingerprint density at radius 2 is 1.58 bits per heavy atom. The van der Waals surface area contributed by atoms with Crippen molar-refractivity contribution in [2.75, 3.05) is 26.3 Å². The Hall–Kier alpha value is -0.120. The van der Waals surface area contributed by atoms with Crippen LogP contribution in [0.5, 0.6) is 0 Å². The third-order valence-corrected chi connectivity index (χ3v) is 2.05. The Bertz CT molecular complexity index is 116. The number of hydrogen-bond donors (Lipinski definition) is 0. The van der Waals surface area contributed by atoms with Gasteiger partial charge in [0.15, 0.2) is 0 Å². The fraction of sp³-hybridized carbons (Fsp3) is 0.889. The van der Waals surface area contributed by atoms with Crippen molar-refractivity contribution in [3.05, 3.63) is 7.05 Å². The van der Waals surface area contributed by atoms with Gasteiger partial charge in [0.2, 0.25) is 0 Å². The average Bonchev–Trinajstić information content (AvgIpc) is 2.33. The molecule has 1 fully saturated rings. The Morgan fingerprint density at radius 1 is 1.17 bits per heavy atom. The zero-order valence-corrected chi connectivity index (χ0v) is 7.95. The van der Waals surface area contributed by atoms with Crippen LogP contribution in [0.3, 0.4) is 0 Å². The van der Waals surface area contributed by atoms with E-state index in [0.717, 1.165) is 26.3 Å². The fourth-order valence-electron chi connectivity index (χ4n) is 1.57. The van der Waals surface area contributed by atoms with Gasteiger partial charge in [-0.25, -0.2) is 0 Å². The van der Waals surface area contributed by atoms with Gasteiger partial charge in [-0.05, 0) is 26.9 Å². The van der Waals surface area contributed by atoms with Crippen LogP contribution in [0.25, 0.3) is 0 Å². The van der Waals surface area contributed by atoms with E-state index in [1.165, 1.54) is 0 Å². The van der Waals surface area contributed by atoms with Crippen molar-refractivity contribution in [2.24, 2.45) is 0 Å². The summed E-state index contributed by atoms with van der Waals surface area (Å²) in [5.74, 6) is 0. The van der Waals surface area contributed by atoms with Crippen LogP contribution in [0.2, 0.25) is 0 Å². The molecule has 0 aromatic heterocycles. The van der Waals surface area contributed by atoms with Crippen LogP contribution in [-0.4, -0.2) is 43.4 Å². The number of hydrogen-bond acceptors (Lipinski definition) is 3. The summed E-state index contributed by atoms with van der Waals surface area (Å²) in [5.41, 5.74) is 0. The van der Waals surface area contributed by atoms with E-state index >= 15 is 0 Å². The quantitative estimate of drug-likeness (QED) is 0.588. The zero-order valence-electron chi connectivity index (χ0n) is 7.95. The summed E-state index contributed by atoms with van der Waals surface area (Å²) in [4.78, 5) is 2.00. The predicted molar refractivity (Wildman–Crippen MR) is 47.8 cm³/mol. The second-order valence-corrected chi connectivity index (χ2v) is 3.02. The van der Waals surface area contributed by atoms with Gasteiger partial charge in [-0.1, -0.05) is 0 Å². The van der Waals surface area contributed by atoms with Crippen LogP contribution in [0.4, 0.5) is 0 Å². The standard InChI is InChI=1S/C9H18NO2/c1-4-11-8-6-10(3)7-9(8)12-5-2/h8-9H,3-7H2,1-2H3/q-1/t8-,9-/m1/s1. The number of nitrogens with zero attached hydrogens (tertiary/aromatic N) is 1. The van der Waals surface area contributed by atoms with Gasteiger partial charge in [0.25, 0.3) is 0 Å². The highest BCUT2D eigenvalue weighted by Crippen LogP contribution is 2.15. The van der Waals surface area contributed by atoms with Crippen LogP contribution in [-0.2, 0) is 9.47 Å². The highest BCUT2D eigenvalue weighted by Gasteiger charge is 2.28. The van der Waals surface area contributed by atoms with E-state index in [0.29, 0.717) is 0 Å². The lowest BCUT2D eigenvalue weighted by molar-refractivity contribution is -0.0388. The molecule has 0 aliphatic carbocycles. The van der Waals surface area contributed by atoms with Gasteiger partial charge in [0, 0.05) is 13.2 Å². The number of ether oxygens (including phenoxy) is 2. The maximum absolute atomic E-state index is 5.53. The molecule has 12 heavy (non-hydrogen) atoms. The SMILES string of the molecule is [CH2-]N1C[C@@H](OCC)[C@H](OCC)C1. The van der Waals surface area contributed by atoms with Crippen molar-refractivity contribution in [1.29, 1.82) is 0 Å². The van der Waals surface area contributed by atoms with Crippen molar-refractivity contribution in [1.82, 2.24) is 4.90 Å². The first-order valence-corrected chi connectivity index (χ1v) is 4.56. The molecule has 1 rings (SSSR count). The second-order valence-electron chi connectivity index (χ2n) is 3.02. The molecule has 0 spiro atoms. The predicted octanol–water partition coefficient (Wildman–Crippen LogP) is 0.904. The molecule has 0 aromatic rings. The molecule has 0 N–H and O–H groups in total. The first-order valence-electron chi connectivity index (χ1n) is 4.56. The van der Waals surface area contributed by atoms with E-state index in [2.05, 4.69) is 7.05 Å². The molecule has 1 saturated heterocycles. The van der Waals surface area contributed by atoms with Gasteiger partial charge in [-0.15, -0.1) is 0 Å². The van der Waals surface area contributed by atoms with Crippen LogP contribution in [0.15, 0.2) is 0 Å². The molecule has 1 aliphatic rings. The highest BCUT2D eigenvalue weighted by molar-refractivity contribution is 4.85. The summed E-state index contributed by atoms with van der Waals surface area (Å²) in [6.07, 6.45) is 0.430. The topological polar surface area (TPSA) is 21.7 Å². The van der Waals surface area contributed by atoms with Crippen LogP contribution >= 0.6 is 0 Å². The Morgan fingerprint density at radius 3 is 1.92 bits per heavy atom. The summed E-state index contributed by atoms with van der Waals surface area (Å²) in [5, 5.41) is 0. The maximum atomic E-state index is 5.53. The molecule has 0 bridgehead atoms. The van der Waals surface area contributed by atoms with Gasteiger partial charge >= 0.3 is 0 Å². The lowest BCUT2D eigenvalue weighted by Gasteiger charge is -2.18. The van der Waals surface area contributed by atoms with Crippen molar-refractivity contribution in [2.45, 2.75) is 26.1 Å². The van der Waals surface area contributed by atoms with Crippen molar-refractivity contribution in [3.8, 4) is 0 Å². The van der Waals surface area contributed by atoms with Crippen molar-refractivity contribution >= 4 is 0 Å². The van der Waals surface area contributed by atoms with E-state index in [1.54, 1.807) is 0 Å². The number of likely N-dealkylation sites (tertiary alicyclic amines) is 1. The zero-order chi connectivity index (χ0) is 8.97. The monoisotopic (exact) mass is 172 g/mol. The molecule has 0 amide bonds. The Kier molecular flexibility index (Phi) is 3.98. The minimum absolute atomic E-state index is 0.215. The molecule has 0 saturated carbocycles. The normalized spacial score (nSPS) is 31.2. The fourth-order valence-corrected chi connectivity index (χ4v) is 1.57. The van der Waals surface area contributed by atoms with Crippen LogP contribution in [0, 0.1) is 7.05 Å². The summed E-state index contributed by atoms with van der Waals surface area (Å²) in [6.45, 7) is 7.30. The van der Waals surface area contributed by atoms with Crippen molar-refractivity contribution in [3.63, 3.8) is 0 Å². The van der Waals surface area contributed by atoms with E-state index in [-0.39, 0.29) is 12.2 Å². The molecule has 0 aromatic carbocycles. The largest absolute Gasteiger partial charge is 0.455 e. The molecular weight excluding hydrogens is 154 g/mol. The van der Waals surface area contributed by atoms with Gasteiger partial charge in [-0.3, -0.25) is 7.05 Å². The van der Waals surface area contributed by atoms with Crippen LogP contribution < -0.4 is 0 Å². The Balaban J connectivity index is 2.36. The van der Waals surface area contributed by atoms with E-state index in [1.807, 2.05) is 18.7 Å². The number of rotatable bonds is 4. The van der Waals surface area contributed by atoms with E-state index in [9.17, 15) is 0 Å². The summed E-state index contributed by atoms with van der Waals surface area (Å²) in [6, 6.07) is 0. The van der Waals surface area contributed by atoms with Gasteiger partial charge in [-0.2, -0.15) is 0 Å².